The number of hydrogen-bond acceptors (Lipinski definition) is 6. The third-order valence-electron chi connectivity index (χ3n) is 4.00. The number of benzene rings is 1. The van der Waals surface area contributed by atoms with Gasteiger partial charge in [-0.1, -0.05) is 55.7 Å². The van der Waals surface area contributed by atoms with Crippen molar-refractivity contribution < 1.29 is 4.79 Å². The number of amides is 1. The second kappa shape index (κ2) is 9.93. The number of hydrogen-bond donors (Lipinski definition) is 1. The van der Waals surface area contributed by atoms with Gasteiger partial charge in [-0.2, -0.15) is 0 Å². The zero-order chi connectivity index (χ0) is 21.0. The summed E-state index contributed by atoms with van der Waals surface area (Å²) in [5.41, 5.74) is 1.47. The molecule has 0 atom stereocenters. The number of nitrogens with zero attached hydrogens (tertiary/aromatic N) is 4. The number of aromatic nitrogens is 4. The second-order valence-electron chi connectivity index (χ2n) is 6.65. The van der Waals surface area contributed by atoms with Crippen LogP contribution in [-0.2, 0) is 11.3 Å². The summed E-state index contributed by atoms with van der Waals surface area (Å²) in [5, 5.41) is 15.6. The average molecular weight is 470 g/mol. The fourth-order valence-electron chi connectivity index (χ4n) is 2.71. The molecule has 1 N–H and O–H groups in total. The first kappa shape index (κ1) is 22.1. The smallest absolute Gasteiger partial charge is 0.236 e. The molecule has 6 nitrogen and oxygen atoms in total. The van der Waals surface area contributed by atoms with E-state index < -0.39 is 0 Å². The van der Waals surface area contributed by atoms with Crippen molar-refractivity contribution in [3.05, 3.63) is 39.4 Å². The monoisotopic (exact) mass is 469 g/mol. The second-order valence-corrected chi connectivity index (χ2v) is 9.29. The molecule has 0 saturated heterocycles. The van der Waals surface area contributed by atoms with E-state index in [1.165, 1.54) is 23.1 Å². The molecule has 3 aromatic rings. The molecule has 1 amide bonds. The van der Waals surface area contributed by atoms with Gasteiger partial charge in [0.2, 0.25) is 5.91 Å². The third kappa shape index (κ3) is 5.51. The van der Waals surface area contributed by atoms with Crippen molar-refractivity contribution in [3.8, 4) is 11.3 Å². The van der Waals surface area contributed by atoms with Crippen LogP contribution in [0, 0.1) is 0 Å². The molecule has 29 heavy (non-hydrogen) atoms. The lowest BCUT2D eigenvalue weighted by atomic mass is 10.2. The summed E-state index contributed by atoms with van der Waals surface area (Å²) in [6, 6.07) is 5.24. The van der Waals surface area contributed by atoms with Gasteiger partial charge < -0.3 is 9.88 Å². The van der Waals surface area contributed by atoms with Crippen molar-refractivity contribution >= 4 is 57.3 Å². The van der Waals surface area contributed by atoms with Crippen molar-refractivity contribution in [1.29, 1.82) is 0 Å². The minimum absolute atomic E-state index is 0.143. The van der Waals surface area contributed by atoms with E-state index in [0.717, 1.165) is 29.5 Å². The van der Waals surface area contributed by atoms with Crippen LogP contribution in [0.1, 0.15) is 38.9 Å². The van der Waals surface area contributed by atoms with Gasteiger partial charge in [0.1, 0.15) is 5.82 Å². The van der Waals surface area contributed by atoms with Crippen LogP contribution in [0.5, 0.6) is 0 Å². The Hall–Kier alpha value is -1.61. The maximum Gasteiger partial charge on any atom is 0.236 e. The largest absolute Gasteiger partial charge is 0.306 e. The lowest BCUT2D eigenvalue weighted by molar-refractivity contribution is -0.113. The normalized spacial score (nSPS) is 11.2. The first-order valence-corrected chi connectivity index (χ1v) is 11.8. The highest BCUT2D eigenvalue weighted by Gasteiger charge is 2.17. The number of anilines is 1. The maximum atomic E-state index is 12.4. The molecule has 3 rings (SSSR count). The van der Waals surface area contributed by atoms with Crippen molar-refractivity contribution in [1.82, 2.24) is 19.7 Å². The molecule has 0 bridgehead atoms. The van der Waals surface area contributed by atoms with Crippen LogP contribution < -0.4 is 5.32 Å². The number of thiazole rings is 1. The van der Waals surface area contributed by atoms with Crippen LogP contribution in [0.3, 0.4) is 0 Å². The maximum absolute atomic E-state index is 12.4. The van der Waals surface area contributed by atoms with Gasteiger partial charge in [0.15, 0.2) is 10.3 Å². The Morgan fingerprint density at radius 3 is 2.79 bits per heavy atom. The number of halogens is 2. The molecule has 0 aliphatic heterocycles. The Bertz CT molecular complexity index is 1000. The van der Waals surface area contributed by atoms with Crippen molar-refractivity contribution in [2.24, 2.45) is 0 Å². The quantitative estimate of drug-likeness (QED) is 0.411. The lowest BCUT2D eigenvalue weighted by Crippen LogP contribution is -2.15. The molecule has 0 unspecified atom stereocenters. The van der Waals surface area contributed by atoms with E-state index in [0.29, 0.717) is 20.9 Å². The van der Waals surface area contributed by atoms with Crippen LogP contribution in [0.4, 0.5) is 5.13 Å². The van der Waals surface area contributed by atoms with E-state index in [-0.39, 0.29) is 17.6 Å². The SMILES string of the molecule is CCCn1c(SCC(=O)Nc2nc(-c3ccc(Cl)cc3Cl)cs2)nnc1C(C)C. The van der Waals surface area contributed by atoms with E-state index >= 15 is 0 Å². The molecule has 0 saturated carbocycles. The minimum Gasteiger partial charge on any atom is -0.306 e. The molecule has 0 radical (unpaired) electrons. The first-order valence-electron chi connectivity index (χ1n) is 9.15. The standard InChI is InChI=1S/C19H21Cl2N5OS2/c1-4-7-26-17(11(2)3)24-25-19(26)29-10-16(27)23-18-22-15(9-28-18)13-6-5-12(20)8-14(13)21/h5-6,8-9,11H,4,7,10H2,1-3H3,(H,22,23,27). The van der Waals surface area contributed by atoms with E-state index in [1.807, 2.05) is 11.4 Å². The Balaban J connectivity index is 1.63. The van der Waals surface area contributed by atoms with Gasteiger partial charge >= 0.3 is 0 Å². The predicted molar refractivity (Wildman–Crippen MR) is 121 cm³/mol. The highest BCUT2D eigenvalue weighted by molar-refractivity contribution is 7.99. The predicted octanol–water partition coefficient (Wildman–Crippen LogP) is 5.97. The van der Waals surface area contributed by atoms with Crippen LogP contribution in [-0.4, -0.2) is 31.4 Å². The number of nitrogens with one attached hydrogen (secondary N) is 1. The zero-order valence-electron chi connectivity index (χ0n) is 16.3. The molecular formula is C19H21Cl2N5OS2. The van der Waals surface area contributed by atoms with Crippen molar-refractivity contribution in [2.45, 2.75) is 44.8 Å². The number of thioether (sulfide) groups is 1. The minimum atomic E-state index is -0.143. The summed E-state index contributed by atoms with van der Waals surface area (Å²) in [6.07, 6.45) is 0.979. The van der Waals surface area contributed by atoms with Gasteiger partial charge in [-0.15, -0.1) is 21.5 Å². The van der Waals surface area contributed by atoms with Gasteiger partial charge in [0, 0.05) is 28.4 Å². The highest BCUT2D eigenvalue weighted by Crippen LogP contribution is 2.32. The van der Waals surface area contributed by atoms with E-state index in [4.69, 9.17) is 23.2 Å². The molecule has 0 spiro atoms. The fraction of sp³-hybridized carbons (Fsp3) is 0.368. The van der Waals surface area contributed by atoms with E-state index in [2.05, 4.69) is 45.8 Å². The Morgan fingerprint density at radius 2 is 2.10 bits per heavy atom. The molecule has 154 valence electrons. The average Bonchev–Trinajstić information content (AvgIpc) is 3.27. The van der Waals surface area contributed by atoms with Gasteiger partial charge in [-0.05, 0) is 24.6 Å². The van der Waals surface area contributed by atoms with E-state index in [9.17, 15) is 4.79 Å². The topological polar surface area (TPSA) is 72.7 Å². The summed E-state index contributed by atoms with van der Waals surface area (Å²) in [5.74, 6) is 1.32. The summed E-state index contributed by atoms with van der Waals surface area (Å²) < 4.78 is 2.09. The molecule has 1 aromatic carbocycles. The summed E-state index contributed by atoms with van der Waals surface area (Å²) in [6.45, 7) is 7.12. The van der Waals surface area contributed by atoms with Gasteiger partial charge in [0.05, 0.1) is 16.5 Å². The van der Waals surface area contributed by atoms with Crippen molar-refractivity contribution in [2.75, 3.05) is 11.1 Å². The van der Waals surface area contributed by atoms with Crippen LogP contribution in [0.15, 0.2) is 28.7 Å². The van der Waals surface area contributed by atoms with Crippen LogP contribution >= 0.6 is 46.3 Å². The third-order valence-corrected chi connectivity index (χ3v) is 6.27. The number of carbonyl (C=O) groups is 1. The Kier molecular flexibility index (Phi) is 7.56. The molecule has 0 aliphatic rings. The van der Waals surface area contributed by atoms with Gasteiger partial charge in [-0.25, -0.2) is 4.98 Å². The summed E-state index contributed by atoms with van der Waals surface area (Å²) >= 11 is 14.9. The Labute approximate surface area is 188 Å². The molecule has 2 heterocycles. The molecule has 2 aromatic heterocycles. The zero-order valence-corrected chi connectivity index (χ0v) is 19.4. The molecule has 0 fully saturated rings. The van der Waals surface area contributed by atoms with E-state index in [1.54, 1.807) is 12.1 Å². The number of rotatable bonds is 8. The lowest BCUT2D eigenvalue weighted by Gasteiger charge is -2.10. The Morgan fingerprint density at radius 1 is 1.31 bits per heavy atom. The van der Waals surface area contributed by atoms with Gasteiger partial charge in [0.25, 0.3) is 0 Å². The highest BCUT2D eigenvalue weighted by atomic mass is 35.5. The first-order chi connectivity index (χ1) is 13.9. The van der Waals surface area contributed by atoms with Crippen LogP contribution in [0.2, 0.25) is 10.0 Å². The number of carbonyl (C=O) groups excluding carboxylic acids is 1. The summed E-state index contributed by atoms with van der Waals surface area (Å²) in [7, 11) is 0. The summed E-state index contributed by atoms with van der Waals surface area (Å²) in [4.78, 5) is 16.8. The fourth-order valence-corrected chi connectivity index (χ4v) is 4.71. The van der Waals surface area contributed by atoms with Gasteiger partial charge in [-0.3, -0.25) is 4.79 Å². The van der Waals surface area contributed by atoms with Crippen LogP contribution in [0.25, 0.3) is 11.3 Å². The van der Waals surface area contributed by atoms with Crippen molar-refractivity contribution in [3.63, 3.8) is 0 Å². The molecule has 10 heteroatoms. The molecular weight excluding hydrogens is 449 g/mol. The molecule has 0 aliphatic carbocycles.